The number of fused-ring (bicyclic) bond motifs is 1. The molecule has 0 radical (unpaired) electrons. The lowest BCUT2D eigenvalue weighted by molar-refractivity contribution is 0.599. The lowest BCUT2D eigenvalue weighted by Crippen LogP contribution is -2.11. The molecule has 0 amide bonds. The molecule has 0 saturated heterocycles. The zero-order chi connectivity index (χ0) is 11.2. The van der Waals surface area contributed by atoms with Crippen molar-refractivity contribution < 1.29 is 12.8 Å². The van der Waals surface area contributed by atoms with Gasteiger partial charge in [0.2, 0.25) is 10.0 Å². The summed E-state index contributed by atoms with van der Waals surface area (Å²) in [6.07, 6.45) is 0. The molecule has 0 spiro atoms. The zero-order valence-corrected chi connectivity index (χ0v) is 9.45. The minimum Gasteiger partial charge on any atom is -0.224 e. The Labute approximate surface area is 90.4 Å². The van der Waals surface area contributed by atoms with Crippen LogP contribution in [0.15, 0.2) is 22.4 Å². The maximum Gasteiger partial charge on any atom is 0.247 e. The number of rotatable bonds is 1. The van der Waals surface area contributed by atoms with Crippen molar-refractivity contribution in [2.75, 3.05) is 0 Å². The van der Waals surface area contributed by atoms with Gasteiger partial charge in [0.25, 0.3) is 0 Å². The van der Waals surface area contributed by atoms with Crippen LogP contribution in [0.1, 0.15) is 5.56 Å². The Kier molecular flexibility index (Phi) is 2.29. The van der Waals surface area contributed by atoms with Crippen molar-refractivity contribution in [2.24, 2.45) is 5.14 Å². The van der Waals surface area contributed by atoms with Crippen molar-refractivity contribution in [1.29, 1.82) is 0 Å². The third-order valence-electron chi connectivity index (χ3n) is 2.12. The monoisotopic (exact) mass is 245 g/mol. The van der Waals surface area contributed by atoms with E-state index in [0.29, 0.717) is 15.6 Å². The Hall–Kier alpha value is -0.980. The number of primary sulfonamides is 1. The second kappa shape index (κ2) is 3.26. The van der Waals surface area contributed by atoms with Gasteiger partial charge in [-0.1, -0.05) is 6.07 Å². The third-order valence-corrected chi connectivity index (χ3v) is 4.94. The highest BCUT2D eigenvalue weighted by molar-refractivity contribution is 7.91. The smallest absolute Gasteiger partial charge is 0.224 e. The van der Waals surface area contributed by atoms with Crippen LogP contribution in [0.5, 0.6) is 0 Å². The fourth-order valence-electron chi connectivity index (χ4n) is 1.50. The molecule has 1 aromatic carbocycles. The summed E-state index contributed by atoms with van der Waals surface area (Å²) in [6.45, 7) is 1.56. The van der Waals surface area contributed by atoms with Crippen LogP contribution in [-0.4, -0.2) is 8.42 Å². The highest BCUT2D eigenvalue weighted by Crippen LogP contribution is 2.34. The van der Waals surface area contributed by atoms with Crippen LogP contribution < -0.4 is 5.14 Å². The van der Waals surface area contributed by atoms with E-state index < -0.39 is 15.8 Å². The summed E-state index contributed by atoms with van der Waals surface area (Å²) in [6, 6.07) is 4.51. The van der Waals surface area contributed by atoms with Crippen LogP contribution in [0.25, 0.3) is 10.1 Å². The van der Waals surface area contributed by atoms with Gasteiger partial charge < -0.3 is 0 Å². The maximum atomic E-state index is 13.4. The second-order valence-corrected chi connectivity index (χ2v) is 5.98. The Morgan fingerprint density at radius 1 is 1.40 bits per heavy atom. The molecular weight excluding hydrogens is 237 g/mol. The average Bonchev–Trinajstić information content (AvgIpc) is 2.44. The SMILES string of the molecule is Cc1c(S(N)(=O)=O)sc2cccc(F)c12. The summed E-state index contributed by atoms with van der Waals surface area (Å²) < 4.78 is 36.4. The van der Waals surface area contributed by atoms with Gasteiger partial charge in [0, 0.05) is 10.1 Å². The van der Waals surface area contributed by atoms with E-state index in [-0.39, 0.29) is 4.21 Å². The maximum absolute atomic E-state index is 13.4. The summed E-state index contributed by atoms with van der Waals surface area (Å²) in [5.74, 6) is -0.420. The van der Waals surface area contributed by atoms with Gasteiger partial charge in [-0.05, 0) is 24.6 Å². The number of aryl methyl sites for hydroxylation is 1. The number of thiophene rings is 1. The van der Waals surface area contributed by atoms with E-state index in [4.69, 9.17) is 5.14 Å². The molecule has 0 bridgehead atoms. The molecule has 0 fully saturated rings. The predicted molar refractivity (Wildman–Crippen MR) is 57.9 cm³/mol. The van der Waals surface area contributed by atoms with E-state index in [1.54, 1.807) is 19.1 Å². The first kappa shape index (κ1) is 10.5. The van der Waals surface area contributed by atoms with Crippen LogP contribution in [0.2, 0.25) is 0 Å². The van der Waals surface area contributed by atoms with Crippen LogP contribution in [0.4, 0.5) is 4.39 Å². The van der Waals surface area contributed by atoms with E-state index in [0.717, 1.165) is 11.3 Å². The molecule has 0 saturated carbocycles. The van der Waals surface area contributed by atoms with Crippen molar-refractivity contribution in [3.8, 4) is 0 Å². The van der Waals surface area contributed by atoms with Crippen LogP contribution in [-0.2, 0) is 10.0 Å². The lowest BCUT2D eigenvalue weighted by Gasteiger charge is -1.95. The number of sulfonamides is 1. The Bertz CT molecular complexity index is 631. The van der Waals surface area contributed by atoms with Crippen LogP contribution in [0, 0.1) is 12.7 Å². The largest absolute Gasteiger partial charge is 0.247 e. The van der Waals surface area contributed by atoms with E-state index in [9.17, 15) is 12.8 Å². The van der Waals surface area contributed by atoms with Gasteiger partial charge in [-0.15, -0.1) is 11.3 Å². The van der Waals surface area contributed by atoms with Crippen molar-refractivity contribution in [3.63, 3.8) is 0 Å². The molecule has 0 atom stereocenters. The van der Waals surface area contributed by atoms with Crippen molar-refractivity contribution >= 4 is 31.4 Å². The topological polar surface area (TPSA) is 60.2 Å². The van der Waals surface area contributed by atoms with Gasteiger partial charge in [-0.3, -0.25) is 0 Å². The molecular formula is C9H8FNO2S2. The molecule has 0 unspecified atom stereocenters. The molecule has 80 valence electrons. The number of halogens is 1. The fourth-order valence-corrected chi connectivity index (χ4v) is 3.72. The summed E-state index contributed by atoms with van der Waals surface area (Å²) in [4.78, 5) is 0. The van der Waals surface area contributed by atoms with Crippen molar-refractivity contribution in [1.82, 2.24) is 0 Å². The average molecular weight is 245 g/mol. The van der Waals surface area contributed by atoms with E-state index in [2.05, 4.69) is 0 Å². The first-order valence-corrected chi connectivity index (χ1v) is 6.48. The number of nitrogens with two attached hydrogens (primary N) is 1. The molecule has 1 heterocycles. The van der Waals surface area contributed by atoms with E-state index in [1.807, 2.05) is 0 Å². The zero-order valence-electron chi connectivity index (χ0n) is 7.82. The summed E-state index contributed by atoms with van der Waals surface area (Å²) >= 11 is 0.992. The van der Waals surface area contributed by atoms with Gasteiger partial charge in [0.1, 0.15) is 10.0 Å². The van der Waals surface area contributed by atoms with E-state index in [1.165, 1.54) is 6.07 Å². The second-order valence-electron chi connectivity index (χ2n) is 3.17. The first-order chi connectivity index (χ1) is 6.91. The molecule has 1 aromatic heterocycles. The Morgan fingerprint density at radius 2 is 2.07 bits per heavy atom. The molecule has 2 aromatic rings. The number of hydrogen-bond acceptors (Lipinski definition) is 3. The van der Waals surface area contributed by atoms with Crippen LogP contribution in [0.3, 0.4) is 0 Å². The minimum atomic E-state index is -3.76. The molecule has 0 aliphatic rings. The first-order valence-electron chi connectivity index (χ1n) is 4.11. The van der Waals surface area contributed by atoms with Crippen molar-refractivity contribution in [2.45, 2.75) is 11.1 Å². The van der Waals surface area contributed by atoms with Gasteiger partial charge in [-0.2, -0.15) is 0 Å². The molecule has 0 aliphatic heterocycles. The summed E-state index contributed by atoms with van der Waals surface area (Å²) in [5, 5.41) is 5.37. The number of benzene rings is 1. The molecule has 2 N–H and O–H groups in total. The van der Waals surface area contributed by atoms with E-state index >= 15 is 0 Å². The van der Waals surface area contributed by atoms with Gasteiger partial charge in [-0.25, -0.2) is 17.9 Å². The molecule has 15 heavy (non-hydrogen) atoms. The third kappa shape index (κ3) is 1.64. The van der Waals surface area contributed by atoms with Crippen molar-refractivity contribution in [3.05, 3.63) is 29.6 Å². The standard InChI is InChI=1S/C9H8FNO2S2/c1-5-8-6(10)3-2-4-7(8)14-9(5)15(11,12)13/h2-4H,1H3,(H2,11,12,13). The summed E-state index contributed by atoms with van der Waals surface area (Å²) in [5.41, 5.74) is 0.385. The molecule has 6 heteroatoms. The molecule has 2 rings (SSSR count). The highest BCUT2D eigenvalue weighted by Gasteiger charge is 2.19. The Balaban J connectivity index is 2.94. The Morgan fingerprint density at radius 3 is 2.60 bits per heavy atom. The quantitative estimate of drug-likeness (QED) is 0.835. The highest BCUT2D eigenvalue weighted by atomic mass is 32.2. The normalized spacial score (nSPS) is 12.2. The molecule has 0 aliphatic carbocycles. The van der Waals surface area contributed by atoms with Gasteiger partial charge in [0.15, 0.2) is 0 Å². The summed E-state index contributed by atoms with van der Waals surface area (Å²) in [7, 11) is -3.76. The fraction of sp³-hybridized carbons (Fsp3) is 0.111. The molecule has 3 nitrogen and oxygen atoms in total. The van der Waals surface area contributed by atoms with Gasteiger partial charge >= 0.3 is 0 Å². The predicted octanol–water partition coefficient (Wildman–Crippen LogP) is 2.00. The van der Waals surface area contributed by atoms with Gasteiger partial charge in [0.05, 0.1) is 0 Å². The lowest BCUT2D eigenvalue weighted by atomic mass is 10.2. The number of hydrogen-bond donors (Lipinski definition) is 1. The minimum absolute atomic E-state index is 0.0302. The van der Waals surface area contributed by atoms with Crippen LogP contribution >= 0.6 is 11.3 Å².